The molecule has 1 aliphatic heterocycles. The number of carbonyl (C=O) groups is 1. The molecule has 0 radical (unpaired) electrons. The smallest absolute Gasteiger partial charge is 0.226 e. The van der Waals surface area contributed by atoms with Crippen LogP contribution in [0, 0.1) is 17.8 Å². The van der Waals surface area contributed by atoms with Gasteiger partial charge in [-0.3, -0.25) is 4.79 Å². The topological polar surface area (TPSA) is 34.5 Å². The van der Waals surface area contributed by atoms with E-state index in [1.807, 2.05) is 19.3 Å². The number of amides is 1. The van der Waals surface area contributed by atoms with Gasteiger partial charge in [0.25, 0.3) is 0 Å². The molecule has 3 aliphatic rings. The predicted octanol–water partition coefficient (Wildman–Crippen LogP) is 2.36. The summed E-state index contributed by atoms with van der Waals surface area (Å²) in [6, 6.07) is 4.25. The van der Waals surface area contributed by atoms with Gasteiger partial charge < -0.3 is 14.2 Å². The van der Waals surface area contributed by atoms with Crippen LogP contribution >= 0.6 is 0 Å². The molecule has 3 fully saturated rings. The number of carbonyl (C=O) groups excluding carboxylic acids is 1. The Morgan fingerprint density at radius 3 is 2.90 bits per heavy atom. The molecule has 114 valence electrons. The largest absolute Gasteiger partial charge is 0.377 e. The molecule has 0 aromatic carbocycles. The van der Waals surface area contributed by atoms with Gasteiger partial charge in [0.05, 0.1) is 19.3 Å². The summed E-state index contributed by atoms with van der Waals surface area (Å²) in [5, 5.41) is 0. The Balaban J connectivity index is 1.57. The van der Waals surface area contributed by atoms with Crippen molar-refractivity contribution in [3.63, 3.8) is 0 Å². The molecule has 4 heteroatoms. The average Bonchev–Trinajstić information content (AvgIpc) is 3.22. The molecule has 1 amide bonds. The first-order chi connectivity index (χ1) is 10.2. The summed E-state index contributed by atoms with van der Waals surface area (Å²) in [4.78, 5) is 15.2. The second-order valence-electron chi connectivity index (χ2n) is 6.95. The molecule has 2 aliphatic carbocycles. The van der Waals surface area contributed by atoms with E-state index in [2.05, 4.69) is 15.5 Å². The number of hydrogen-bond acceptors (Lipinski definition) is 2. The highest BCUT2D eigenvalue weighted by atomic mass is 16.5. The molecule has 4 rings (SSSR count). The van der Waals surface area contributed by atoms with Crippen molar-refractivity contribution in [2.24, 2.45) is 24.8 Å². The van der Waals surface area contributed by atoms with Crippen molar-refractivity contribution in [2.45, 2.75) is 31.7 Å². The third-order valence-corrected chi connectivity index (χ3v) is 5.79. The van der Waals surface area contributed by atoms with E-state index in [0.29, 0.717) is 25.0 Å². The SMILES string of the molecule is Cn1cccc1C1COCCN1C(=O)C1CC2CCC1C2. The van der Waals surface area contributed by atoms with E-state index in [9.17, 15) is 4.79 Å². The van der Waals surface area contributed by atoms with Gasteiger partial charge in [-0.2, -0.15) is 0 Å². The van der Waals surface area contributed by atoms with Gasteiger partial charge in [0.2, 0.25) is 5.91 Å². The van der Waals surface area contributed by atoms with Crippen LogP contribution in [0.15, 0.2) is 18.3 Å². The molecule has 1 aromatic rings. The fourth-order valence-corrected chi connectivity index (χ4v) is 4.69. The molecule has 1 aromatic heterocycles. The first-order valence-corrected chi connectivity index (χ1v) is 8.23. The Morgan fingerprint density at radius 1 is 1.33 bits per heavy atom. The number of morpholine rings is 1. The quantitative estimate of drug-likeness (QED) is 0.837. The number of aryl methyl sites for hydroxylation is 1. The third kappa shape index (κ3) is 2.20. The summed E-state index contributed by atoms with van der Waals surface area (Å²) in [6.07, 6.45) is 7.07. The number of fused-ring (bicyclic) bond motifs is 2. The molecule has 21 heavy (non-hydrogen) atoms. The van der Waals surface area contributed by atoms with Gasteiger partial charge in [-0.05, 0) is 43.2 Å². The summed E-state index contributed by atoms with van der Waals surface area (Å²) < 4.78 is 7.77. The molecule has 2 heterocycles. The summed E-state index contributed by atoms with van der Waals surface area (Å²) in [5.41, 5.74) is 1.19. The van der Waals surface area contributed by atoms with Gasteiger partial charge in [-0.15, -0.1) is 0 Å². The minimum atomic E-state index is 0.0883. The van der Waals surface area contributed by atoms with Crippen molar-refractivity contribution in [3.8, 4) is 0 Å². The molecule has 4 atom stereocenters. The van der Waals surface area contributed by atoms with E-state index < -0.39 is 0 Å². The molecule has 2 saturated carbocycles. The average molecular weight is 288 g/mol. The molecule has 0 spiro atoms. The second-order valence-corrected chi connectivity index (χ2v) is 6.95. The lowest BCUT2D eigenvalue weighted by molar-refractivity contribution is -0.146. The summed E-state index contributed by atoms with van der Waals surface area (Å²) in [6.45, 7) is 2.04. The van der Waals surface area contributed by atoms with Crippen molar-refractivity contribution < 1.29 is 9.53 Å². The number of rotatable bonds is 2. The lowest BCUT2D eigenvalue weighted by Gasteiger charge is -2.38. The van der Waals surface area contributed by atoms with Crippen LogP contribution in [0.2, 0.25) is 0 Å². The van der Waals surface area contributed by atoms with E-state index in [-0.39, 0.29) is 12.0 Å². The zero-order valence-electron chi connectivity index (χ0n) is 12.7. The Hall–Kier alpha value is -1.29. The van der Waals surface area contributed by atoms with Crippen LogP contribution in [0.5, 0.6) is 0 Å². The maximum atomic E-state index is 13.1. The minimum absolute atomic E-state index is 0.0883. The number of ether oxygens (including phenoxy) is 1. The molecular formula is C17H24N2O2. The van der Waals surface area contributed by atoms with Crippen LogP contribution in [0.25, 0.3) is 0 Å². The zero-order chi connectivity index (χ0) is 14.4. The maximum absolute atomic E-state index is 13.1. The van der Waals surface area contributed by atoms with Crippen LogP contribution in [0.3, 0.4) is 0 Å². The number of hydrogen-bond donors (Lipinski definition) is 0. The van der Waals surface area contributed by atoms with Gasteiger partial charge in [0.1, 0.15) is 0 Å². The summed E-state index contributed by atoms with van der Waals surface area (Å²) in [7, 11) is 2.05. The fraction of sp³-hybridized carbons (Fsp3) is 0.706. The van der Waals surface area contributed by atoms with Crippen molar-refractivity contribution in [2.75, 3.05) is 19.8 Å². The fourth-order valence-electron chi connectivity index (χ4n) is 4.69. The second kappa shape index (κ2) is 5.16. The van der Waals surface area contributed by atoms with E-state index >= 15 is 0 Å². The van der Waals surface area contributed by atoms with Crippen molar-refractivity contribution in [1.29, 1.82) is 0 Å². The van der Waals surface area contributed by atoms with E-state index in [1.54, 1.807) is 0 Å². The Kier molecular flexibility index (Phi) is 3.29. The minimum Gasteiger partial charge on any atom is -0.377 e. The van der Waals surface area contributed by atoms with E-state index in [1.165, 1.54) is 25.0 Å². The normalized spacial score (nSPS) is 35.4. The van der Waals surface area contributed by atoms with Crippen LogP contribution in [0.1, 0.15) is 37.4 Å². The molecule has 4 nitrogen and oxygen atoms in total. The van der Waals surface area contributed by atoms with Gasteiger partial charge >= 0.3 is 0 Å². The Labute approximate surface area is 126 Å². The van der Waals surface area contributed by atoms with Crippen LogP contribution in [-0.2, 0) is 16.6 Å². The lowest BCUT2D eigenvalue weighted by Crippen LogP contribution is -2.47. The highest BCUT2D eigenvalue weighted by Crippen LogP contribution is 2.49. The van der Waals surface area contributed by atoms with Gasteiger partial charge in [0, 0.05) is 31.4 Å². The van der Waals surface area contributed by atoms with Crippen molar-refractivity contribution >= 4 is 5.91 Å². The van der Waals surface area contributed by atoms with Crippen molar-refractivity contribution in [3.05, 3.63) is 24.0 Å². The Morgan fingerprint density at radius 2 is 2.24 bits per heavy atom. The third-order valence-electron chi connectivity index (χ3n) is 5.79. The van der Waals surface area contributed by atoms with Gasteiger partial charge in [-0.1, -0.05) is 6.42 Å². The number of aromatic nitrogens is 1. The van der Waals surface area contributed by atoms with Crippen LogP contribution in [-0.4, -0.2) is 35.1 Å². The molecule has 0 N–H and O–H groups in total. The van der Waals surface area contributed by atoms with Crippen LogP contribution in [0.4, 0.5) is 0 Å². The highest BCUT2D eigenvalue weighted by Gasteiger charge is 2.46. The molecule has 4 unspecified atom stereocenters. The first kappa shape index (κ1) is 13.4. The highest BCUT2D eigenvalue weighted by molar-refractivity contribution is 5.80. The van der Waals surface area contributed by atoms with E-state index in [4.69, 9.17) is 4.74 Å². The first-order valence-electron chi connectivity index (χ1n) is 8.23. The summed E-state index contributed by atoms with van der Waals surface area (Å²) in [5.74, 6) is 2.14. The van der Waals surface area contributed by atoms with Gasteiger partial charge in [-0.25, -0.2) is 0 Å². The monoisotopic (exact) mass is 288 g/mol. The van der Waals surface area contributed by atoms with E-state index in [0.717, 1.165) is 18.9 Å². The standard InChI is InChI=1S/C17H24N2O2/c1-18-6-2-3-15(18)16-11-21-8-7-19(16)17(20)14-10-12-4-5-13(14)9-12/h2-3,6,12-14,16H,4-5,7-11H2,1H3. The molecule has 2 bridgehead atoms. The Bertz CT molecular complexity index is 539. The number of nitrogens with zero attached hydrogens (tertiary/aromatic N) is 2. The van der Waals surface area contributed by atoms with Gasteiger partial charge in [0.15, 0.2) is 0 Å². The van der Waals surface area contributed by atoms with Crippen LogP contribution < -0.4 is 0 Å². The molecular weight excluding hydrogens is 264 g/mol. The van der Waals surface area contributed by atoms with Crippen molar-refractivity contribution in [1.82, 2.24) is 9.47 Å². The summed E-state index contributed by atoms with van der Waals surface area (Å²) >= 11 is 0. The predicted molar refractivity (Wildman–Crippen MR) is 79.6 cm³/mol. The maximum Gasteiger partial charge on any atom is 0.226 e. The molecule has 1 saturated heterocycles. The lowest BCUT2D eigenvalue weighted by atomic mass is 9.87. The zero-order valence-corrected chi connectivity index (χ0v) is 12.7.